The number of unbranched alkanes of at least 4 members (excludes halogenated alkanes) is 3. The maximum Gasteiger partial charge on any atom is 0.317 e. The average molecular weight is 1200 g/mol. The van der Waals surface area contributed by atoms with Crippen LogP contribution in [0.15, 0.2) is 48.5 Å². The third kappa shape index (κ3) is 27.1. The second-order valence-corrected chi connectivity index (χ2v) is 21.3. The van der Waals surface area contributed by atoms with Gasteiger partial charge in [0.1, 0.15) is 29.9 Å². The number of anilines is 1. The maximum absolute atomic E-state index is 14.1. The van der Waals surface area contributed by atoms with Crippen LogP contribution in [0.2, 0.25) is 0 Å². The number of thiocarbonyl (C=S) groups is 1. The van der Waals surface area contributed by atoms with Gasteiger partial charge in [0.2, 0.25) is 29.5 Å². The van der Waals surface area contributed by atoms with Crippen LogP contribution in [0.25, 0.3) is 0 Å². The minimum Gasteiger partial charge on any atom is -0.508 e. The highest BCUT2D eigenvalue weighted by Crippen LogP contribution is 2.18. The summed E-state index contributed by atoms with van der Waals surface area (Å²) in [7, 11) is 0. The van der Waals surface area contributed by atoms with Crippen LogP contribution in [0.5, 0.6) is 5.75 Å². The van der Waals surface area contributed by atoms with Crippen molar-refractivity contribution >= 4 is 82.4 Å². The number of aliphatic carboxylic acids is 4. The summed E-state index contributed by atoms with van der Waals surface area (Å²) in [5.74, 6) is -9.25. The number of phenolic OH excluding ortho intramolecular Hbond substituents is 1. The molecule has 2 aromatic rings. The molecule has 5 amide bonds. The second kappa shape index (κ2) is 36.8. The number of carboxylic acid groups (broad SMARTS) is 4. The van der Waals surface area contributed by atoms with Crippen LogP contribution in [-0.4, -0.2) is 231 Å². The number of likely N-dealkylation sites (N-methyl/N-ethyl adjacent to an activating group) is 1. The maximum atomic E-state index is 14.1. The van der Waals surface area contributed by atoms with Crippen LogP contribution < -0.4 is 48.3 Å². The first-order valence-electron chi connectivity index (χ1n) is 28.3. The van der Waals surface area contributed by atoms with Gasteiger partial charge in [-0.1, -0.05) is 44.0 Å². The van der Waals surface area contributed by atoms with Gasteiger partial charge in [-0.25, -0.2) is 0 Å². The lowest BCUT2D eigenvalue weighted by Gasteiger charge is -2.35. The molecule has 84 heavy (non-hydrogen) atoms. The van der Waals surface area contributed by atoms with Crippen LogP contribution in [0, 0.1) is 5.41 Å². The lowest BCUT2D eigenvalue weighted by atomic mass is 10.0. The lowest BCUT2D eigenvalue weighted by molar-refractivity contribution is -0.143. The number of carboxylic acids is 4. The normalized spacial score (nSPS) is 19.5. The number of aromatic hydroxyl groups is 1. The van der Waals surface area contributed by atoms with Crippen LogP contribution in [0.3, 0.4) is 0 Å². The van der Waals surface area contributed by atoms with Crippen molar-refractivity contribution in [2.24, 2.45) is 5.73 Å². The third-order valence-electron chi connectivity index (χ3n) is 14.3. The number of aryl methyl sites for hydroxylation is 1. The van der Waals surface area contributed by atoms with Crippen molar-refractivity contribution < 1.29 is 68.7 Å². The molecule has 0 radical (unpaired) electrons. The Morgan fingerprint density at radius 2 is 1.21 bits per heavy atom. The van der Waals surface area contributed by atoms with Gasteiger partial charge >= 0.3 is 23.9 Å². The predicted molar refractivity (Wildman–Crippen MR) is 314 cm³/mol. The molecular weight excluding hydrogens is 1110 g/mol. The fourth-order valence-electron chi connectivity index (χ4n) is 9.75. The summed E-state index contributed by atoms with van der Waals surface area (Å²) in [6, 6.07) is 7.56. The summed E-state index contributed by atoms with van der Waals surface area (Å²) in [5.41, 5.74) is 7.68. The average Bonchev–Trinajstić information content (AvgIpc) is 3.60. The highest BCUT2D eigenvalue weighted by Gasteiger charge is 2.34. The number of nitrogens with one attached hydrogen (secondary N) is 9. The molecule has 2 heterocycles. The van der Waals surface area contributed by atoms with Gasteiger partial charge in [-0.15, -0.1) is 0 Å². The van der Waals surface area contributed by atoms with E-state index in [1.807, 2.05) is 36.1 Å². The summed E-state index contributed by atoms with van der Waals surface area (Å²) in [4.78, 5) is 123. The van der Waals surface area contributed by atoms with E-state index in [9.17, 15) is 68.7 Å². The van der Waals surface area contributed by atoms with Gasteiger partial charge in [-0.05, 0) is 106 Å². The van der Waals surface area contributed by atoms with Gasteiger partial charge in [-0.2, -0.15) is 0 Å². The molecule has 0 saturated carbocycles. The number of benzene rings is 2. The van der Waals surface area contributed by atoms with Crippen molar-refractivity contribution in [1.82, 2.24) is 56.8 Å². The molecule has 2 aliphatic heterocycles. The number of hydrogen-bond acceptors (Lipinski definition) is 16. The van der Waals surface area contributed by atoms with E-state index in [-0.39, 0.29) is 56.5 Å². The highest BCUT2D eigenvalue weighted by atomic mass is 32.1. The van der Waals surface area contributed by atoms with Gasteiger partial charge in [0, 0.05) is 77.1 Å². The Balaban J connectivity index is 1.36. The van der Waals surface area contributed by atoms with E-state index in [1.165, 1.54) is 29.2 Å². The molecule has 0 aromatic heterocycles. The summed E-state index contributed by atoms with van der Waals surface area (Å²) >= 11 is 5.57. The Morgan fingerprint density at radius 1 is 0.655 bits per heavy atom. The summed E-state index contributed by atoms with van der Waals surface area (Å²) in [6.45, 7) is 6.00. The second-order valence-electron chi connectivity index (χ2n) is 20.9. The molecule has 2 aromatic carbocycles. The first kappa shape index (κ1) is 68.8. The van der Waals surface area contributed by atoms with E-state index in [4.69, 9.17) is 23.4 Å². The number of carbonyl (C=O) groups is 9. The van der Waals surface area contributed by atoms with Crippen molar-refractivity contribution in [3.05, 3.63) is 59.7 Å². The zero-order valence-electron chi connectivity index (χ0n) is 47.6. The predicted octanol–water partition coefficient (Wildman–Crippen LogP) is -1.13. The molecule has 464 valence electrons. The summed E-state index contributed by atoms with van der Waals surface area (Å²) < 4.78 is 0. The van der Waals surface area contributed by atoms with Crippen LogP contribution in [-0.2, 0) is 56.0 Å². The fraction of sp³-hybridized carbons (Fsp3) is 0.582. The van der Waals surface area contributed by atoms with E-state index < -0.39 is 104 Å². The highest BCUT2D eigenvalue weighted by molar-refractivity contribution is 7.80. The Kier molecular flexibility index (Phi) is 30.1. The molecule has 2 aliphatic rings. The van der Waals surface area contributed by atoms with Gasteiger partial charge in [0.25, 0.3) is 0 Å². The van der Waals surface area contributed by atoms with E-state index in [0.29, 0.717) is 69.2 Å². The molecule has 0 bridgehead atoms. The van der Waals surface area contributed by atoms with Crippen molar-refractivity contribution in [3.8, 4) is 5.75 Å². The first-order valence-corrected chi connectivity index (χ1v) is 28.7. The number of rotatable bonds is 30. The van der Waals surface area contributed by atoms with Crippen molar-refractivity contribution in [1.29, 1.82) is 5.41 Å². The minimum absolute atomic E-state index is 0.0131. The van der Waals surface area contributed by atoms with Crippen molar-refractivity contribution in [2.75, 3.05) is 96.9 Å². The molecule has 16 N–H and O–H groups in total. The Bertz CT molecular complexity index is 2510. The number of carbonyl (C=O) groups excluding carboxylic acids is 5. The zero-order valence-corrected chi connectivity index (χ0v) is 48.4. The lowest BCUT2D eigenvalue weighted by Crippen LogP contribution is -2.58. The molecular formula is C55H84N14O14S. The molecule has 28 nitrogen and oxygen atoms in total. The molecule has 2 fully saturated rings. The molecule has 0 spiro atoms. The summed E-state index contributed by atoms with van der Waals surface area (Å²) in [5, 5.41) is 77.7. The fourth-order valence-corrected chi connectivity index (χ4v) is 9.97. The van der Waals surface area contributed by atoms with Crippen LogP contribution >= 0.6 is 12.2 Å². The zero-order chi connectivity index (χ0) is 61.6. The Hall–Kier alpha value is -7.73. The van der Waals surface area contributed by atoms with Crippen LogP contribution in [0.4, 0.5) is 5.69 Å². The summed E-state index contributed by atoms with van der Waals surface area (Å²) in [6.07, 6.45) is 3.74. The smallest absolute Gasteiger partial charge is 0.317 e. The standard InChI is InChI=1S/C55H84N14O14S/c1-2-66-23-25-67(27-28-68(26-24-66)33-47(74)75)32-39(69(34-48(76)77)35-49(78)79)10-5-3-4-9-36-13-17-38(18-14-36)61-55(84)59-21-7-6-11-42-51(81)63-41(12-8-22-58-54(56)57)50(80)60-31-45(71)62-44(30-46(72)73)53(83)65-43(52(82)64-42)29-37-15-19-40(70)20-16-37/h13-20,39,41-44,70H,2-12,21-35H2,1H3,(H,60,80)(H,62,71)(H,63,81)(H,64,82)(H,65,83)(H,72,73)(H,74,75)(H,76,77)(H,78,79)(H4,56,57,58)(H2,59,61,84)/t39?,41-,42-,43+,44-/m0/s1. The number of hydrogen-bond donors (Lipinski definition) is 15. The number of guanidine groups is 1. The van der Waals surface area contributed by atoms with Gasteiger partial charge in [0.05, 0.1) is 32.6 Å². The molecule has 1 unspecified atom stereocenters. The number of phenols is 1. The minimum atomic E-state index is -1.66. The molecule has 5 atom stereocenters. The Labute approximate surface area is 493 Å². The Morgan fingerprint density at radius 3 is 1.82 bits per heavy atom. The molecule has 4 rings (SSSR count). The van der Waals surface area contributed by atoms with Crippen LogP contribution in [0.1, 0.15) is 82.3 Å². The largest absolute Gasteiger partial charge is 0.508 e. The van der Waals surface area contributed by atoms with Gasteiger partial charge in [-0.3, -0.25) is 63.3 Å². The number of nitrogens with zero attached hydrogens (tertiary/aromatic N) is 4. The van der Waals surface area contributed by atoms with Gasteiger partial charge in [0.15, 0.2) is 11.1 Å². The number of amides is 5. The molecule has 2 saturated heterocycles. The van der Waals surface area contributed by atoms with E-state index in [1.54, 1.807) is 0 Å². The van der Waals surface area contributed by atoms with E-state index in [2.05, 4.69) is 52.3 Å². The van der Waals surface area contributed by atoms with E-state index in [0.717, 1.165) is 56.6 Å². The van der Waals surface area contributed by atoms with Gasteiger partial charge < -0.3 is 78.7 Å². The third-order valence-corrected chi connectivity index (χ3v) is 14.5. The van der Waals surface area contributed by atoms with E-state index >= 15 is 0 Å². The molecule has 29 heteroatoms. The SMILES string of the molecule is CCN1CCN(CC(=O)O)CCN(CC(CCCCCc2ccc(NC(=S)NCCCC[C@@H]3NC(=O)[C@@H](Cc4ccc(O)cc4)NC(=O)[C@H](CC(=O)O)NC(=O)CNC(=O)[C@H](CCCNC(=N)N)NC3=O)cc2)N(CC(=O)O)CC(=O)O)CC1. The van der Waals surface area contributed by atoms with Crippen molar-refractivity contribution in [2.45, 2.75) is 114 Å². The van der Waals surface area contributed by atoms with Crippen molar-refractivity contribution in [3.63, 3.8) is 0 Å². The quantitative estimate of drug-likeness (QED) is 0.0190. The molecule has 0 aliphatic carbocycles. The monoisotopic (exact) mass is 1200 g/mol. The first-order chi connectivity index (χ1) is 40.1. The number of nitrogens with two attached hydrogens (primary N) is 1. The topological polar surface area (TPSA) is 414 Å².